The molecule has 0 aliphatic heterocycles. The lowest BCUT2D eigenvalue weighted by Gasteiger charge is -2.06. The highest BCUT2D eigenvalue weighted by molar-refractivity contribution is 7.80. The fourth-order valence-corrected chi connectivity index (χ4v) is 1.27. The molecule has 0 saturated heterocycles. The zero-order valence-electron chi connectivity index (χ0n) is 7.71. The van der Waals surface area contributed by atoms with Crippen LogP contribution in [0.15, 0.2) is 24.3 Å². The van der Waals surface area contributed by atoms with Crippen LogP contribution in [0.5, 0.6) is 0 Å². The summed E-state index contributed by atoms with van der Waals surface area (Å²) in [6.45, 7) is 0. The summed E-state index contributed by atoms with van der Waals surface area (Å²) in [4.78, 5) is 0. The number of aliphatic hydroxyl groups excluding tert-OH is 1. The maximum absolute atomic E-state index is 11.9. The molecule has 0 unspecified atom stereocenters. The molecule has 1 aromatic rings. The molecule has 0 aromatic heterocycles. The van der Waals surface area contributed by atoms with E-state index in [0.29, 0.717) is 11.1 Å². The average molecular weight is 234 g/mol. The van der Waals surface area contributed by atoms with E-state index in [1.165, 1.54) is 6.07 Å². The highest BCUT2D eigenvalue weighted by atomic mass is 32.1. The first-order valence-corrected chi connectivity index (χ1v) is 4.68. The number of alkyl halides is 3. The van der Waals surface area contributed by atoms with E-state index in [1.54, 1.807) is 18.2 Å². The Kier molecular flexibility index (Phi) is 3.68. The number of aliphatic hydroxyl groups is 1. The zero-order valence-corrected chi connectivity index (χ0v) is 8.53. The van der Waals surface area contributed by atoms with E-state index >= 15 is 0 Å². The number of thiocarbonyl (C=S) groups is 1. The molecule has 1 aromatic carbocycles. The summed E-state index contributed by atoms with van der Waals surface area (Å²) in [5.74, 6) is 0. The normalized spacial score (nSPS) is 11.4. The van der Waals surface area contributed by atoms with Crippen LogP contribution < -0.4 is 0 Å². The van der Waals surface area contributed by atoms with Gasteiger partial charge in [0, 0.05) is 12.0 Å². The summed E-state index contributed by atoms with van der Waals surface area (Å²) in [6.07, 6.45) is -5.12. The van der Waals surface area contributed by atoms with Gasteiger partial charge in [-0.2, -0.15) is 13.2 Å². The highest BCUT2D eigenvalue weighted by Gasteiger charge is 2.26. The third kappa shape index (κ3) is 4.29. The van der Waals surface area contributed by atoms with Crippen LogP contribution in [-0.4, -0.2) is 16.3 Å². The standard InChI is InChI=1S/C10H9F3OS/c11-10(12,13)5-4-7-2-1-3-8(6-7)9(14)15/h1-3,6H,4-5H2,(H,14,15). The Morgan fingerprint density at radius 3 is 2.53 bits per heavy atom. The van der Waals surface area contributed by atoms with Crippen molar-refractivity contribution in [2.45, 2.75) is 19.0 Å². The minimum atomic E-state index is -4.16. The average Bonchev–Trinajstić information content (AvgIpc) is 2.14. The van der Waals surface area contributed by atoms with Crippen LogP contribution in [0.3, 0.4) is 0 Å². The van der Waals surface area contributed by atoms with Gasteiger partial charge >= 0.3 is 6.18 Å². The molecule has 15 heavy (non-hydrogen) atoms. The summed E-state index contributed by atoms with van der Waals surface area (Å²) in [5.41, 5.74) is 0.894. The van der Waals surface area contributed by atoms with Crippen molar-refractivity contribution in [1.29, 1.82) is 0 Å². The molecule has 0 aliphatic carbocycles. The summed E-state index contributed by atoms with van der Waals surface area (Å²) >= 11 is 4.51. The van der Waals surface area contributed by atoms with Gasteiger partial charge in [0.05, 0.1) is 0 Å². The molecule has 1 rings (SSSR count). The zero-order chi connectivity index (χ0) is 11.5. The van der Waals surface area contributed by atoms with E-state index in [-0.39, 0.29) is 11.5 Å². The lowest BCUT2D eigenvalue weighted by Crippen LogP contribution is -2.08. The number of benzene rings is 1. The molecular weight excluding hydrogens is 225 g/mol. The third-order valence-electron chi connectivity index (χ3n) is 1.87. The van der Waals surface area contributed by atoms with Gasteiger partial charge in [-0.15, -0.1) is 0 Å². The summed E-state index contributed by atoms with van der Waals surface area (Å²) < 4.78 is 35.8. The summed E-state index contributed by atoms with van der Waals surface area (Å²) in [6, 6.07) is 6.17. The monoisotopic (exact) mass is 234 g/mol. The van der Waals surface area contributed by atoms with E-state index < -0.39 is 12.6 Å². The van der Waals surface area contributed by atoms with Gasteiger partial charge in [0.15, 0.2) is 5.05 Å². The maximum atomic E-state index is 11.9. The molecule has 1 N–H and O–H groups in total. The lowest BCUT2D eigenvalue weighted by molar-refractivity contribution is -0.133. The molecule has 0 atom stereocenters. The van der Waals surface area contributed by atoms with Crippen molar-refractivity contribution in [2.75, 3.05) is 0 Å². The summed E-state index contributed by atoms with van der Waals surface area (Å²) in [5, 5.41) is 8.68. The number of hydrogen-bond donors (Lipinski definition) is 1. The first-order chi connectivity index (χ1) is 6.88. The van der Waals surface area contributed by atoms with E-state index in [1.807, 2.05) is 0 Å². The van der Waals surface area contributed by atoms with Crippen LogP contribution in [0, 0.1) is 0 Å². The topological polar surface area (TPSA) is 20.2 Å². The van der Waals surface area contributed by atoms with Crippen molar-refractivity contribution in [1.82, 2.24) is 0 Å². The molecule has 0 fully saturated rings. The van der Waals surface area contributed by atoms with Crippen LogP contribution in [0.4, 0.5) is 13.2 Å². The molecular formula is C10H9F3OS. The van der Waals surface area contributed by atoms with Crippen LogP contribution in [0.2, 0.25) is 0 Å². The Morgan fingerprint density at radius 2 is 2.00 bits per heavy atom. The fraction of sp³-hybridized carbons (Fsp3) is 0.300. The molecule has 0 heterocycles. The molecule has 0 amide bonds. The van der Waals surface area contributed by atoms with E-state index in [9.17, 15) is 13.2 Å². The van der Waals surface area contributed by atoms with Gasteiger partial charge in [0.1, 0.15) is 0 Å². The predicted octanol–water partition coefficient (Wildman–Crippen LogP) is 3.42. The second-order valence-corrected chi connectivity index (χ2v) is 3.51. The fourth-order valence-electron chi connectivity index (χ4n) is 1.15. The minimum Gasteiger partial charge on any atom is -0.499 e. The Morgan fingerprint density at radius 1 is 1.33 bits per heavy atom. The van der Waals surface area contributed by atoms with Crippen LogP contribution in [0.1, 0.15) is 17.5 Å². The lowest BCUT2D eigenvalue weighted by atomic mass is 10.1. The van der Waals surface area contributed by atoms with Gasteiger partial charge in [0.25, 0.3) is 0 Å². The van der Waals surface area contributed by atoms with Gasteiger partial charge in [-0.3, -0.25) is 0 Å². The Labute approximate surface area is 90.5 Å². The molecule has 0 spiro atoms. The first kappa shape index (κ1) is 12.0. The second-order valence-electron chi connectivity index (χ2n) is 3.12. The van der Waals surface area contributed by atoms with Crippen LogP contribution in [0.25, 0.3) is 0 Å². The smallest absolute Gasteiger partial charge is 0.389 e. The second kappa shape index (κ2) is 4.61. The SMILES string of the molecule is OC(=S)c1cccc(CCC(F)(F)F)c1. The quantitative estimate of drug-likeness (QED) is 0.809. The number of rotatable bonds is 3. The van der Waals surface area contributed by atoms with Gasteiger partial charge in [-0.1, -0.05) is 18.2 Å². The maximum Gasteiger partial charge on any atom is 0.389 e. The van der Waals surface area contributed by atoms with E-state index in [0.717, 1.165) is 0 Å². The summed E-state index contributed by atoms with van der Waals surface area (Å²) in [7, 11) is 0. The van der Waals surface area contributed by atoms with E-state index in [2.05, 4.69) is 12.2 Å². The van der Waals surface area contributed by atoms with Gasteiger partial charge < -0.3 is 5.11 Å². The number of halogens is 3. The molecule has 0 saturated carbocycles. The van der Waals surface area contributed by atoms with Crippen molar-refractivity contribution < 1.29 is 18.3 Å². The van der Waals surface area contributed by atoms with Gasteiger partial charge in [-0.05, 0) is 30.3 Å². The molecule has 5 heteroatoms. The van der Waals surface area contributed by atoms with E-state index in [4.69, 9.17) is 5.11 Å². The largest absolute Gasteiger partial charge is 0.499 e. The molecule has 0 aliphatic rings. The minimum absolute atomic E-state index is 0.0973. The third-order valence-corrected chi connectivity index (χ3v) is 2.11. The van der Waals surface area contributed by atoms with Crippen molar-refractivity contribution in [3.05, 3.63) is 35.4 Å². The van der Waals surface area contributed by atoms with Crippen molar-refractivity contribution >= 4 is 17.3 Å². The molecule has 82 valence electrons. The van der Waals surface area contributed by atoms with Gasteiger partial charge in [-0.25, -0.2) is 0 Å². The van der Waals surface area contributed by atoms with Crippen molar-refractivity contribution in [3.8, 4) is 0 Å². The Hall–Kier alpha value is -1.10. The molecule has 0 radical (unpaired) electrons. The molecule has 1 nitrogen and oxygen atoms in total. The Bertz CT molecular complexity index is 360. The van der Waals surface area contributed by atoms with Crippen molar-refractivity contribution in [2.24, 2.45) is 0 Å². The predicted molar refractivity (Wildman–Crippen MR) is 55.1 cm³/mol. The van der Waals surface area contributed by atoms with Gasteiger partial charge in [0.2, 0.25) is 0 Å². The van der Waals surface area contributed by atoms with Crippen LogP contribution >= 0.6 is 12.2 Å². The number of hydrogen-bond acceptors (Lipinski definition) is 1. The van der Waals surface area contributed by atoms with Crippen LogP contribution in [-0.2, 0) is 6.42 Å². The molecule has 0 bridgehead atoms. The highest BCUT2D eigenvalue weighted by Crippen LogP contribution is 2.22. The Balaban J connectivity index is 2.70. The first-order valence-electron chi connectivity index (χ1n) is 4.27. The van der Waals surface area contributed by atoms with Crippen molar-refractivity contribution in [3.63, 3.8) is 0 Å². The number of aryl methyl sites for hydroxylation is 1.